The zero-order valence-electron chi connectivity index (χ0n) is 16.8. The molecule has 2 heterocycles. The summed E-state index contributed by atoms with van der Waals surface area (Å²) >= 11 is 0. The lowest BCUT2D eigenvalue weighted by molar-refractivity contribution is -0.0515. The topological polar surface area (TPSA) is 85.3 Å². The summed E-state index contributed by atoms with van der Waals surface area (Å²) in [4.78, 5) is 8.75. The van der Waals surface area contributed by atoms with Gasteiger partial charge >= 0.3 is 6.61 Å². The number of halogens is 2. The molecule has 2 aromatic heterocycles. The summed E-state index contributed by atoms with van der Waals surface area (Å²) in [5.41, 5.74) is 2.65. The van der Waals surface area contributed by atoms with Crippen LogP contribution in [0, 0.1) is 17.2 Å². The first-order valence-corrected chi connectivity index (χ1v) is 10.0. The van der Waals surface area contributed by atoms with Crippen LogP contribution in [-0.4, -0.2) is 32.8 Å². The third-order valence-electron chi connectivity index (χ3n) is 5.14. The molecule has 0 aliphatic heterocycles. The summed E-state index contributed by atoms with van der Waals surface area (Å²) in [5.74, 6) is 1.54. The summed E-state index contributed by atoms with van der Waals surface area (Å²) in [5, 5.41) is 13.5. The molecule has 0 unspecified atom stereocenters. The maximum absolute atomic E-state index is 12.8. The Labute approximate surface area is 181 Å². The van der Waals surface area contributed by atoms with Gasteiger partial charge in [-0.15, -0.1) is 5.10 Å². The largest absolute Gasteiger partial charge is 0.489 e. The fraction of sp³-hybridized carbons (Fsp3) is 0.217. The molecule has 0 bridgehead atoms. The first-order valence-electron chi connectivity index (χ1n) is 10.0. The van der Waals surface area contributed by atoms with Crippen molar-refractivity contribution in [1.29, 1.82) is 5.26 Å². The van der Waals surface area contributed by atoms with Crippen molar-refractivity contribution < 1.29 is 18.3 Å². The van der Waals surface area contributed by atoms with Crippen LogP contribution in [0.1, 0.15) is 18.4 Å². The summed E-state index contributed by atoms with van der Waals surface area (Å²) in [6.07, 6.45) is 3.76. The molecule has 1 aliphatic carbocycles. The van der Waals surface area contributed by atoms with Crippen LogP contribution in [0.5, 0.6) is 11.5 Å². The fourth-order valence-electron chi connectivity index (χ4n) is 3.29. The predicted octanol–water partition coefficient (Wildman–Crippen LogP) is 4.72. The van der Waals surface area contributed by atoms with Crippen LogP contribution in [0.25, 0.3) is 28.4 Å². The molecule has 160 valence electrons. The molecule has 0 atom stereocenters. The Balaban J connectivity index is 1.53. The minimum atomic E-state index is -2.94. The van der Waals surface area contributed by atoms with Gasteiger partial charge in [0.2, 0.25) is 0 Å². The summed E-state index contributed by atoms with van der Waals surface area (Å²) < 4.78 is 37.7. The maximum atomic E-state index is 12.8. The van der Waals surface area contributed by atoms with Crippen LogP contribution in [0.4, 0.5) is 8.78 Å². The van der Waals surface area contributed by atoms with Gasteiger partial charge < -0.3 is 9.47 Å². The third kappa shape index (κ3) is 4.07. The summed E-state index contributed by atoms with van der Waals surface area (Å²) in [6.45, 7) is -2.48. The van der Waals surface area contributed by atoms with Crippen LogP contribution < -0.4 is 9.47 Å². The van der Waals surface area contributed by atoms with E-state index in [9.17, 15) is 8.78 Å². The highest BCUT2D eigenvalue weighted by molar-refractivity contribution is 5.67. The highest BCUT2D eigenvalue weighted by Gasteiger charge is 2.23. The lowest BCUT2D eigenvalue weighted by Crippen LogP contribution is -2.06. The van der Waals surface area contributed by atoms with E-state index in [0.717, 1.165) is 18.4 Å². The van der Waals surface area contributed by atoms with E-state index in [-0.39, 0.29) is 11.5 Å². The smallest absolute Gasteiger partial charge is 0.387 e. The van der Waals surface area contributed by atoms with Crippen molar-refractivity contribution in [3.05, 3.63) is 60.3 Å². The van der Waals surface area contributed by atoms with Gasteiger partial charge in [-0.2, -0.15) is 23.5 Å². The van der Waals surface area contributed by atoms with Gasteiger partial charge in [0.05, 0.1) is 23.9 Å². The highest BCUT2D eigenvalue weighted by Crippen LogP contribution is 2.36. The van der Waals surface area contributed by atoms with E-state index < -0.39 is 6.61 Å². The molecule has 5 rings (SSSR count). The number of alkyl halides is 2. The van der Waals surface area contributed by atoms with Gasteiger partial charge in [0, 0.05) is 17.3 Å². The molecular formula is C23H17F2N5O2. The molecule has 9 heteroatoms. The van der Waals surface area contributed by atoms with E-state index in [1.807, 2.05) is 0 Å². The Morgan fingerprint density at radius 2 is 1.84 bits per heavy atom. The average Bonchev–Trinajstić information content (AvgIpc) is 3.53. The lowest BCUT2D eigenvalue weighted by atomic mass is 10.1. The number of aromatic nitrogens is 4. The zero-order chi connectivity index (χ0) is 22.1. The van der Waals surface area contributed by atoms with Gasteiger partial charge in [-0.05, 0) is 67.3 Å². The molecule has 32 heavy (non-hydrogen) atoms. The monoisotopic (exact) mass is 433 g/mol. The van der Waals surface area contributed by atoms with Crippen molar-refractivity contribution in [2.75, 3.05) is 6.61 Å². The lowest BCUT2D eigenvalue weighted by Gasteiger charge is -2.14. The quantitative estimate of drug-likeness (QED) is 0.419. The molecule has 1 saturated carbocycles. The molecule has 4 aromatic rings. The van der Waals surface area contributed by atoms with E-state index >= 15 is 0 Å². The number of hydrogen-bond donors (Lipinski definition) is 0. The zero-order valence-corrected chi connectivity index (χ0v) is 16.8. The number of nitriles is 1. The van der Waals surface area contributed by atoms with Gasteiger partial charge in [0.15, 0.2) is 17.3 Å². The van der Waals surface area contributed by atoms with E-state index in [0.29, 0.717) is 40.9 Å². The van der Waals surface area contributed by atoms with E-state index in [2.05, 4.69) is 25.9 Å². The standard InChI is InChI=1S/C23H17F2N5O2/c24-22(25)32-19-8-7-17(11-20(19)31-13-15-1-2-15)18-9-10-27-23-28-21(29-30(18)23)16-5-3-14(12-26)4-6-16/h3-11,15,22H,1-2,13H2. The Hall–Kier alpha value is -4.06. The van der Waals surface area contributed by atoms with Crippen LogP contribution >= 0.6 is 0 Å². The normalized spacial score (nSPS) is 13.3. The van der Waals surface area contributed by atoms with Gasteiger partial charge in [0.25, 0.3) is 5.78 Å². The number of nitrogens with zero attached hydrogens (tertiary/aromatic N) is 5. The number of benzene rings is 2. The molecule has 0 spiro atoms. The van der Waals surface area contributed by atoms with Gasteiger partial charge in [-0.1, -0.05) is 0 Å². The SMILES string of the molecule is N#Cc1ccc(-c2nc3nccc(-c4ccc(OC(F)F)c(OCC5CC5)c4)n3n2)cc1. The average molecular weight is 433 g/mol. The summed E-state index contributed by atoms with van der Waals surface area (Å²) in [6, 6.07) is 15.6. The number of rotatable bonds is 7. The fourth-order valence-corrected chi connectivity index (χ4v) is 3.29. The molecule has 1 aliphatic rings. The molecule has 0 N–H and O–H groups in total. The van der Waals surface area contributed by atoms with Crippen molar-refractivity contribution in [3.63, 3.8) is 0 Å². The van der Waals surface area contributed by atoms with E-state index in [1.165, 1.54) is 6.07 Å². The van der Waals surface area contributed by atoms with Crippen molar-refractivity contribution >= 4 is 5.78 Å². The van der Waals surface area contributed by atoms with Crippen LogP contribution in [-0.2, 0) is 0 Å². The minimum Gasteiger partial charge on any atom is -0.489 e. The Morgan fingerprint density at radius 3 is 2.56 bits per heavy atom. The molecule has 2 aromatic carbocycles. The first-order chi connectivity index (χ1) is 15.6. The van der Waals surface area contributed by atoms with Crippen molar-refractivity contribution in [1.82, 2.24) is 19.6 Å². The first kappa shape index (κ1) is 19.9. The molecule has 0 radical (unpaired) electrons. The van der Waals surface area contributed by atoms with E-state index in [1.54, 1.807) is 53.2 Å². The minimum absolute atomic E-state index is 0.00781. The number of ether oxygens (including phenoxy) is 2. The van der Waals surface area contributed by atoms with E-state index in [4.69, 9.17) is 10.00 Å². The Morgan fingerprint density at radius 1 is 1.06 bits per heavy atom. The predicted molar refractivity (Wildman–Crippen MR) is 111 cm³/mol. The number of fused-ring (bicyclic) bond motifs is 1. The Bertz CT molecular complexity index is 1310. The Kier molecular flexibility index (Phi) is 5.11. The van der Waals surface area contributed by atoms with Gasteiger partial charge in [0.1, 0.15) is 0 Å². The van der Waals surface area contributed by atoms with Crippen LogP contribution in [0.15, 0.2) is 54.7 Å². The molecule has 0 amide bonds. The van der Waals surface area contributed by atoms with Gasteiger partial charge in [-0.25, -0.2) is 4.98 Å². The van der Waals surface area contributed by atoms with Gasteiger partial charge in [-0.3, -0.25) is 0 Å². The number of hydrogen-bond acceptors (Lipinski definition) is 6. The second-order valence-corrected chi connectivity index (χ2v) is 7.46. The second kappa shape index (κ2) is 8.23. The molecule has 1 fully saturated rings. The van der Waals surface area contributed by atoms with Crippen molar-refractivity contribution in [2.45, 2.75) is 19.5 Å². The summed E-state index contributed by atoms with van der Waals surface area (Å²) in [7, 11) is 0. The molecular weight excluding hydrogens is 416 g/mol. The maximum Gasteiger partial charge on any atom is 0.387 e. The van der Waals surface area contributed by atoms with Crippen molar-refractivity contribution in [3.8, 4) is 40.2 Å². The second-order valence-electron chi connectivity index (χ2n) is 7.46. The van der Waals surface area contributed by atoms with Crippen LogP contribution in [0.2, 0.25) is 0 Å². The van der Waals surface area contributed by atoms with Crippen LogP contribution in [0.3, 0.4) is 0 Å². The molecule has 7 nitrogen and oxygen atoms in total. The third-order valence-corrected chi connectivity index (χ3v) is 5.14. The molecule has 0 saturated heterocycles. The highest BCUT2D eigenvalue weighted by atomic mass is 19.3. The van der Waals surface area contributed by atoms with Crippen molar-refractivity contribution in [2.24, 2.45) is 5.92 Å².